The first-order valence-corrected chi connectivity index (χ1v) is 8.48. The quantitative estimate of drug-likeness (QED) is 0.739. The highest BCUT2D eigenvalue weighted by atomic mass is 16.2. The molecule has 25 heavy (non-hydrogen) atoms. The summed E-state index contributed by atoms with van der Waals surface area (Å²) in [6.45, 7) is 1.39. The van der Waals surface area contributed by atoms with Gasteiger partial charge in [0.05, 0.1) is 12.2 Å². The number of amides is 1. The molecule has 3 aromatic rings. The molecule has 6 heteroatoms. The van der Waals surface area contributed by atoms with Crippen LogP contribution in [0.1, 0.15) is 29.4 Å². The van der Waals surface area contributed by atoms with Crippen LogP contribution in [-0.4, -0.2) is 43.9 Å². The molecule has 0 spiro atoms. The second-order valence-corrected chi connectivity index (χ2v) is 6.23. The molecule has 1 aromatic carbocycles. The summed E-state index contributed by atoms with van der Waals surface area (Å²) >= 11 is 0. The SMILES string of the molecule is O=C(c1cc(-c2ccccc2)ccn1)N1CCCC(n2ccnn2)C1. The van der Waals surface area contributed by atoms with Gasteiger partial charge < -0.3 is 4.90 Å². The van der Waals surface area contributed by atoms with Gasteiger partial charge in [-0.2, -0.15) is 0 Å². The zero-order valence-electron chi connectivity index (χ0n) is 13.8. The van der Waals surface area contributed by atoms with E-state index in [1.807, 2.05) is 58.2 Å². The molecule has 0 bridgehead atoms. The highest BCUT2D eigenvalue weighted by Gasteiger charge is 2.26. The van der Waals surface area contributed by atoms with Crippen molar-refractivity contribution in [2.45, 2.75) is 18.9 Å². The zero-order valence-corrected chi connectivity index (χ0v) is 13.8. The lowest BCUT2D eigenvalue weighted by Crippen LogP contribution is -2.41. The van der Waals surface area contributed by atoms with Crippen LogP contribution in [0.5, 0.6) is 0 Å². The first-order chi connectivity index (χ1) is 12.3. The van der Waals surface area contributed by atoms with E-state index in [9.17, 15) is 4.79 Å². The molecule has 1 saturated heterocycles. The van der Waals surface area contributed by atoms with Gasteiger partial charge in [-0.25, -0.2) is 4.68 Å². The second-order valence-electron chi connectivity index (χ2n) is 6.23. The Morgan fingerprint density at radius 3 is 2.76 bits per heavy atom. The van der Waals surface area contributed by atoms with Crippen LogP contribution in [0.25, 0.3) is 11.1 Å². The normalized spacial score (nSPS) is 17.4. The van der Waals surface area contributed by atoms with Gasteiger partial charge in [0.15, 0.2) is 0 Å². The highest BCUT2D eigenvalue weighted by Crippen LogP contribution is 2.23. The second kappa shape index (κ2) is 6.84. The van der Waals surface area contributed by atoms with Gasteiger partial charge in [-0.1, -0.05) is 35.5 Å². The maximum atomic E-state index is 12.9. The van der Waals surface area contributed by atoms with E-state index < -0.39 is 0 Å². The summed E-state index contributed by atoms with van der Waals surface area (Å²) < 4.78 is 1.84. The molecule has 1 fully saturated rings. The van der Waals surface area contributed by atoms with E-state index in [-0.39, 0.29) is 11.9 Å². The number of aromatic nitrogens is 4. The molecule has 1 atom stereocenters. The molecule has 1 aliphatic heterocycles. The van der Waals surface area contributed by atoms with Gasteiger partial charge in [-0.15, -0.1) is 5.10 Å². The number of piperidine rings is 1. The molecule has 4 rings (SSSR count). The lowest BCUT2D eigenvalue weighted by molar-refractivity contribution is 0.0666. The van der Waals surface area contributed by atoms with Crippen LogP contribution in [-0.2, 0) is 0 Å². The van der Waals surface area contributed by atoms with E-state index in [1.54, 1.807) is 12.4 Å². The molecule has 2 aromatic heterocycles. The van der Waals surface area contributed by atoms with E-state index >= 15 is 0 Å². The third-order valence-electron chi connectivity index (χ3n) is 4.59. The lowest BCUT2D eigenvalue weighted by Gasteiger charge is -2.32. The summed E-state index contributed by atoms with van der Waals surface area (Å²) in [4.78, 5) is 19.1. The Hall–Kier alpha value is -3.02. The van der Waals surface area contributed by atoms with Crippen LogP contribution in [0.4, 0.5) is 0 Å². The van der Waals surface area contributed by atoms with Crippen LogP contribution in [0.3, 0.4) is 0 Å². The molecule has 126 valence electrons. The van der Waals surface area contributed by atoms with E-state index in [0.717, 1.165) is 30.5 Å². The monoisotopic (exact) mass is 333 g/mol. The van der Waals surface area contributed by atoms with E-state index in [1.165, 1.54) is 0 Å². The fourth-order valence-electron chi connectivity index (χ4n) is 3.29. The molecule has 6 nitrogen and oxygen atoms in total. The van der Waals surface area contributed by atoms with Gasteiger partial charge in [-0.05, 0) is 36.1 Å². The minimum Gasteiger partial charge on any atom is -0.335 e. The maximum absolute atomic E-state index is 12.9. The Morgan fingerprint density at radius 1 is 1.08 bits per heavy atom. The minimum absolute atomic E-state index is 0.0254. The number of hydrogen-bond acceptors (Lipinski definition) is 4. The molecule has 0 saturated carbocycles. The molecular formula is C19H19N5O. The summed E-state index contributed by atoms with van der Waals surface area (Å²) in [7, 11) is 0. The Morgan fingerprint density at radius 2 is 1.96 bits per heavy atom. The molecule has 0 N–H and O–H groups in total. The molecule has 1 aliphatic rings. The fourth-order valence-corrected chi connectivity index (χ4v) is 3.29. The zero-order chi connectivity index (χ0) is 17.1. The number of likely N-dealkylation sites (tertiary alicyclic amines) is 1. The predicted octanol–water partition coefficient (Wildman–Crippen LogP) is 2.82. The standard InChI is InChI=1S/C19H19N5O/c25-19(23-11-4-7-17(14-23)24-12-10-21-22-24)18-13-16(8-9-20-18)15-5-2-1-3-6-15/h1-3,5-6,8-10,12-13,17H,4,7,11,14H2. The summed E-state index contributed by atoms with van der Waals surface area (Å²) in [5.74, 6) is -0.0254. The average molecular weight is 333 g/mol. The van der Waals surface area contributed by atoms with Gasteiger partial charge >= 0.3 is 0 Å². The van der Waals surface area contributed by atoms with Gasteiger partial charge in [0.2, 0.25) is 0 Å². The van der Waals surface area contributed by atoms with Gasteiger partial charge in [0.25, 0.3) is 5.91 Å². The van der Waals surface area contributed by atoms with Gasteiger partial charge in [0.1, 0.15) is 5.69 Å². The number of hydrogen-bond donors (Lipinski definition) is 0. The number of nitrogens with zero attached hydrogens (tertiary/aromatic N) is 5. The van der Waals surface area contributed by atoms with E-state index in [0.29, 0.717) is 12.2 Å². The summed E-state index contributed by atoms with van der Waals surface area (Å²) in [5, 5.41) is 7.94. The molecule has 1 unspecified atom stereocenters. The number of pyridine rings is 1. The van der Waals surface area contributed by atoms with Gasteiger partial charge in [0, 0.05) is 25.5 Å². The van der Waals surface area contributed by atoms with Gasteiger partial charge in [-0.3, -0.25) is 9.78 Å². The molecule has 0 radical (unpaired) electrons. The number of rotatable bonds is 3. The van der Waals surface area contributed by atoms with Crippen molar-refractivity contribution < 1.29 is 4.79 Å². The fraction of sp³-hybridized carbons (Fsp3) is 0.263. The van der Waals surface area contributed by atoms with Crippen LogP contribution >= 0.6 is 0 Å². The van der Waals surface area contributed by atoms with Crippen molar-refractivity contribution in [1.29, 1.82) is 0 Å². The maximum Gasteiger partial charge on any atom is 0.272 e. The summed E-state index contributed by atoms with van der Waals surface area (Å²) in [5.41, 5.74) is 2.57. The first-order valence-electron chi connectivity index (χ1n) is 8.48. The van der Waals surface area contributed by atoms with Crippen LogP contribution in [0, 0.1) is 0 Å². The Bertz CT molecular complexity index is 847. The molecular weight excluding hydrogens is 314 g/mol. The first kappa shape index (κ1) is 15.5. The molecule has 3 heterocycles. The minimum atomic E-state index is -0.0254. The lowest BCUT2D eigenvalue weighted by atomic mass is 10.0. The Balaban J connectivity index is 1.54. The summed E-state index contributed by atoms with van der Waals surface area (Å²) in [6.07, 6.45) is 7.19. The Labute approximate surface area is 146 Å². The number of carbonyl (C=O) groups is 1. The topological polar surface area (TPSA) is 63.9 Å². The van der Waals surface area contributed by atoms with Crippen molar-refractivity contribution in [1.82, 2.24) is 24.9 Å². The largest absolute Gasteiger partial charge is 0.335 e. The van der Waals surface area contributed by atoms with Crippen molar-refractivity contribution in [3.05, 3.63) is 66.7 Å². The predicted molar refractivity (Wildman–Crippen MR) is 93.9 cm³/mol. The van der Waals surface area contributed by atoms with Crippen molar-refractivity contribution in [2.24, 2.45) is 0 Å². The Kier molecular flexibility index (Phi) is 4.24. The van der Waals surface area contributed by atoms with E-state index in [4.69, 9.17) is 0 Å². The third kappa shape index (κ3) is 3.28. The average Bonchev–Trinajstić information content (AvgIpc) is 3.23. The summed E-state index contributed by atoms with van der Waals surface area (Å²) in [6, 6.07) is 14.0. The van der Waals surface area contributed by atoms with Crippen LogP contribution in [0.15, 0.2) is 61.1 Å². The third-order valence-corrected chi connectivity index (χ3v) is 4.59. The van der Waals surface area contributed by atoms with Crippen LogP contribution in [0.2, 0.25) is 0 Å². The van der Waals surface area contributed by atoms with Crippen molar-refractivity contribution >= 4 is 5.91 Å². The number of carbonyl (C=O) groups excluding carboxylic acids is 1. The van der Waals surface area contributed by atoms with Crippen molar-refractivity contribution in [2.75, 3.05) is 13.1 Å². The molecule has 1 amide bonds. The van der Waals surface area contributed by atoms with Crippen molar-refractivity contribution in [3.8, 4) is 11.1 Å². The smallest absolute Gasteiger partial charge is 0.272 e. The highest BCUT2D eigenvalue weighted by molar-refractivity contribution is 5.93. The number of benzene rings is 1. The van der Waals surface area contributed by atoms with E-state index in [2.05, 4.69) is 15.3 Å². The van der Waals surface area contributed by atoms with Crippen molar-refractivity contribution in [3.63, 3.8) is 0 Å². The van der Waals surface area contributed by atoms with Crippen LogP contribution < -0.4 is 0 Å². The molecule has 0 aliphatic carbocycles.